The van der Waals surface area contributed by atoms with Crippen molar-refractivity contribution in [2.75, 3.05) is 24.5 Å². The molecule has 0 saturated carbocycles. The Morgan fingerprint density at radius 1 is 1.50 bits per heavy atom. The molecule has 0 fully saturated rings. The summed E-state index contributed by atoms with van der Waals surface area (Å²) in [6, 6.07) is 7.35. The molecule has 4 heteroatoms. The molecule has 1 heterocycles. The molecule has 20 heavy (non-hydrogen) atoms. The summed E-state index contributed by atoms with van der Waals surface area (Å²) in [4.78, 5) is 2.18. The average Bonchev–Trinajstić information content (AvgIpc) is 2.85. The van der Waals surface area contributed by atoms with Gasteiger partial charge in [0.25, 0.3) is 0 Å². The lowest BCUT2D eigenvalue weighted by Crippen LogP contribution is -2.44. The molecule has 1 atom stereocenters. The van der Waals surface area contributed by atoms with Gasteiger partial charge in [0.15, 0.2) is 0 Å². The smallest absolute Gasteiger partial charge is 0.125 e. The molecule has 0 amide bonds. The van der Waals surface area contributed by atoms with Crippen molar-refractivity contribution in [3.8, 4) is 6.07 Å². The Morgan fingerprint density at radius 3 is 3.00 bits per heavy atom. The number of hydrogen-bond donors (Lipinski definition) is 1. The standard InChI is InChI=1S/C16H22FN3/c1-3-8-19-16(2,12-18)7-10-20-9-6-13-4-5-14(17)11-15(13)20/h4-5,11,19H,3,6-10H2,1-2H3. The molecule has 1 aliphatic rings. The van der Waals surface area contributed by atoms with E-state index in [4.69, 9.17) is 0 Å². The Morgan fingerprint density at radius 2 is 2.30 bits per heavy atom. The van der Waals surface area contributed by atoms with Gasteiger partial charge in [-0.15, -0.1) is 0 Å². The number of hydrogen-bond acceptors (Lipinski definition) is 3. The first kappa shape index (κ1) is 14.8. The topological polar surface area (TPSA) is 39.1 Å². The van der Waals surface area contributed by atoms with Crippen LogP contribution in [-0.2, 0) is 6.42 Å². The van der Waals surface area contributed by atoms with Crippen LogP contribution in [0.25, 0.3) is 0 Å². The van der Waals surface area contributed by atoms with Crippen LogP contribution in [0, 0.1) is 17.1 Å². The van der Waals surface area contributed by atoms with Crippen LogP contribution < -0.4 is 10.2 Å². The molecule has 108 valence electrons. The first-order valence-electron chi connectivity index (χ1n) is 7.27. The SMILES string of the molecule is CCCNC(C)(C#N)CCN1CCc2ccc(F)cc21. The number of halogens is 1. The van der Waals surface area contributed by atoms with E-state index in [-0.39, 0.29) is 5.82 Å². The van der Waals surface area contributed by atoms with Crippen LogP contribution in [0.2, 0.25) is 0 Å². The van der Waals surface area contributed by atoms with Crippen molar-refractivity contribution in [1.29, 1.82) is 5.26 Å². The van der Waals surface area contributed by atoms with Crippen LogP contribution >= 0.6 is 0 Å². The fourth-order valence-electron chi connectivity index (χ4n) is 2.59. The van der Waals surface area contributed by atoms with Gasteiger partial charge in [-0.2, -0.15) is 5.26 Å². The molecule has 1 N–H and O–H groups in total. The van der Waals surface area contributed by atoms with Crippen molar-refractivity contribution in [3.05, 3.63) is 29.6 Å². The van der Waals surface area contributed by atoms with Crippen LogP contribution in [0.3, 0.4) is 0 Å². The second kappa shape index (κ2) is 6.23. The molecule has 0 bridgehead atoms. The Balaban J connectivity index is 1.99. The third-order valence-electron chi connectivity index (χ3n) is 3.93. The van der Waals surface area contributed by atoms with Gasteiger partial charge in [0.1, 0.15) is 11.4 Å². The van der Waals surface area contributed by atoms with E-state index in [1.165, 1.54) is 11.6 Å². The molecular formula is C16H22FN3. The van der Waals surface area contributed by atoms with Gasteiger partial charge in [0.05, 0.1) is 6.07 Å². The van der Waals surface area contributed by atoms with Gasteiger partial charge < -0.3 is 4.90 Å². The first-order chi connectivity index (χ1) is 9.58. The number of nitriles is 1. The lowest BCUT2D eigenvalue weighted by Gasteiger charge is -2.27. The second-order valence-corrected chi connectivity index (χ2v) is 5.63. The molecule has 3 nitrogen and oxygen atoms in total. The van der Waals surface area contributed by atoms with Crippen molar-refractivity contribution in [2.24, 2.45) is 0 Å². The second-order valence-electron chi connectivity index (χ2n) is 5.63. The number of fused-ring (bicyclic) bond motifs is 1. The lowest BCUT2D eigenvalue weighted by molar-refractivity contribution is 0.419. The van der Waals surface area contributed by atoms with Gasteiger partial charge in [-0.05, 0) is 50.4 Å². The lowest BCUT2D eigenvalue weighted by atomic mass is 9.99. The molecule has 1 aromatic rings. The zero-order chi connectivity index (χ0) is 14.6. The minimum Gasteiger partial charge on any atom is -0.371 e. The van der Waals surface area contributed by atoms with Gasteiger partial charge >= 0.3 is 0 Å². The maximum atomic E-state index is 13.4. The molecule has 0 radical (unpaired) electrons. The Labute approximate surface area is 120 Å². The molecule has 0 aliphatic carbocycles. The van der Waals surface area contributed by atoms with Crippen LogP contribution in [-0.4, -0.2) is 25.2 Å². The van der Waals surface area contributed by atoms with Crippen molar-refractivity contribution in [2.45, 2.75) is 38.6 Å². The van der Waals surface area contributed by atoms with Crippen molar-refractivity contribution in [3.63, 3.8) is 0 Å². The minimum atomic E-state index is -0.508. The van der Waals surface area contributed by atoms with Crippen molar-refractivity contribution >= 4 is 5.69 Å². The van der Waals surface area contributed by atoms with Gasteiger partial charge in [0.2, 0.25) is 0 Å². The predicted molar refractivity (Wildman–Crippen MR) is 79.2 cm³/mol. The Kier molecular flexibility index (Phi) is 4.61. The van der Waals surface area contributed by atoms with Crippen molar-refractivity contribution < 1.29 is 4.39 Å². The molecule has 2 rings (SSSR count). The van der Waals surface area contributed by atoms with Gasteiger partial charge in [-0.3, -0.25) is 5.32 Å². The third-order valence-corrected chi connectivity index (χ3v) is 3.93. The summed E-state index contributed by atoms with van der Waals surface area (Å²) in [5, 5.41) is 12.6. The summed E-state index contributed by atoms with van der Waals surface area (Å²) in [5.41, 5.74) is 1.68. The highest BCUT2D eigenvalue weighted by Gasteiger charge is 2.26. The molecule has 1 unspecified atom stereocenters. The van der Waals surface area contributed by atoms with E-state index in [1.807, 2.05) is 13.0 Å². The molecule has 1 aliphatic heterocycles. The highest BCUT2D eigenvalue weighted by molar-refractivity contribution is 5.58. The summed E-state index contributed by atoms with van der Waals surface area (Å²) in [6.07, 6.45) is 2.70. The summed E-state index contributed by atoms with van der Waals surface area (Å²) in [6.45, 7) is 6.55. The summed E-state index contributed by atoms with van der Waals surface area (Å²) in [5.74, 6) is -0.192. The zero-order valence-electron chi connectivity index (χ0n) is 12.2. The number of nitrogens with zero attached hydrogens (tertiary/aromatic N) is 2. The van der Waals surface area contributed by atoms with Crippen LogP contribution in [0.1, 0.15) is 32.3 Å². The van der Waals surface area contributed by atoms with Gasteiger partial charge in [0, 0.05) is 18.8 Å². The largest absolute Gasteiger partial charge is 0.371 e. The quantitative estimate of drug-likeness (QED) is 0.867. The van der Waals surface area contributed by atoms with E-state index in [2.05, 4.69) is 23.2 Å². The van der Waals surface area contributed by atoms with Gasteiger partial charge in [-0.1, -0.05) is 13.0 Å². The number of benzene rings is 1. The summed E-state index contributed by atoms with van der Waals surface area (Å²) >= 11 is 0. The first-order valence-corrected chi connectivity index (χ1v) is 7.27. The monoisotopic (exact) mass is 275 g/mol. The Bertz CT molecular complexity index is 509. The summed E-state index contributed by atoms with van der Waals surface area (Å²) < 4.78 is 13.4. The van der Waals surface area contributed by atoms with E-state index < -0.39 is 5.54 Å². The number of nitrogens with one attached hydrogen (secondary N) is 1. The maximum absolute atomic E-state index is 13.4. The van der Waals surface area contributed by atoms with E-state index in [0.717, 1.165) is 44.6 Å². The highest BCUT2D eigenvalue weighted by Crippen LogP contribution is 2.29. The van der Waals surface area contributed by atoms with E-state index in [9.17, 15) is 9.65 Å². The van der Waals surface area contributed by atoms with Crippen molar-refractivity contribution in [1.82, 2.24) is 5.32 Å². The average molecular weight is 275 g/mol. The van der Waals surface area contributed by atoms with Crippen LogP contribution in [0.4, 0.5) is 10.1 Å². The number of anilines is 1. The third kappa shape index (κ3) is 3.29. The van der Waals surface area contributed by atoms with E-state index >= 15 is 0 Å². The van der Waals surface area contributed by atoms with E-state index in [1.54, 1.807) is 6.07 Å². The Hall–Kier alpha value is -1.60. The predicted octanol–water partition coefficient (Wildman–Crippen LogP) is 2.86. The van der Waals surface area contributed by atoms with Crippen LogP contribution in [0.15, 0.2) is 18.2 Å². The zero-order valence-corrected chi connectivity index (χ0v) is 12.2. The number of rotatable bonds is 6. The molecule has 0 saturated heterocycles. The molecular weight excluding hydrogens is 253 g/mol. The maximum Gasteiger partial charge on any atom is 0.125 e. The van der Waals surface area contributed by atoms with Crippen LogP contribution in [0.5, 0.6) is 0 Å². The molecule has 1 aromatic carbocycles. The fraction of sp³-hybridized carbons (Fsp3) is 0.562. The normalized spacial score (nSPS) is 16.6. The van der Waals surface area contributed by atoms with Gasteiger partial charge in [-0.25, -0.2) is 4.39 Å². The minimum absolute atomic E-state index is 0.192. The van der Waals surface area contributed by atoms with E-state index in [0.29, 0.717) is 0 Å². The molecule has 0 aromatic heterocycles. The summed E-state index contributed by atoms with van der Waals surface area (Å²) in [7, 11) is 0. The molecule has 0 spiro atoms. The highest BCUT2D eigenvalue weighted by atomic mass is 19.1. The fourth-order valence-corrected chi connectivity index (χ4v) is 2.59.